The highest BCUT2D eigenvalue weighted by molar-refractivity contribution is 7.99. The van der Waals surface area contributed by atoms with Gasteiger partial charge in [0.15, 0.2) is 11.0 Å². The second kappa shape index (κ2) is 9.60. The standard InChI is InChI=1S/C20H27ClN4OS/c1-3-25-19(16-10-7-11-17(21)12-16)22-23-20(25)27-14-18(26)24(2)13-15-8-5-4-6-9-15/h7,10-12,15H,3-6,8-9,13-14H2,1-2H3. The van der Waals surface area contributed by atoms with Crippen molar-refractivity contribution in [3.05, 3.63) is 29.3 Å². The van der Waals surface area contributed by atoms with Crippen LogP contribution < -0.4 is 0 Å². The van der Waals surface area contributed by atoms with Gasteiger partial charge in [0.2, 0.25) is 5.91 Å². The zero-order valence-electron chi connectivity index (χ0n) is 16.0. The summed E-state index contributed by atoms with van der Waals surface area (Å²) >= 11 is 7.56. The SMILES string of the molecule is CCn1c(SCC(=O)N(C)CC2CCCCC2)nnc1-c1cccc(Cl)c1. The Labute approximate surface area is 170 Å². The van der Waals surface area contributed by atoms with Crippen LogP contribution in [0.5, 0.6) is 0 Å². The minimum Gasteiger partial charge on any atom is -0.345 e. The monoisotopic (exact) mass is 406 g/mol. The van der Waals surface area contributed by atoms with Gasteiger partial charge in [-0.2, -0.15) is 0 Å². The van der Waals surface area contributed by atoms with Crippen LogP contribution in [0.2, 0.25) is 5.02 Å². The molecule has 27 heavy (non-hydrogen) atoms. The number of thioether (sulfide) groups is 1. The Hall–Kier alpha value is -1.53. The summed E-state index contributed by atoms with van der Waals surface area (Å²) in [4.78, 5) is 14.4. The number of carbonyl (C=O) groups is 1. The minimum atomic E-state index is 0.153. The Morgan fingerprint density at radius 1 is 1.30 bits per heavy atom. The second-order valence-electron chi connectivity index (χ2n) is 7.13. The maximum atomic E-state index is 12.5. The number of hydrogen-bond donors (Lipinski definition) is 0. The Morgan fingerprint density at radius 3 is 2.78 bits per heavy atom. The number of amides is 1. The molecule has 3 rings (SSSR count). The minimum absolute atomic E-state index is 0.153. The molecule has 1 aliphatic rings. The van der Waals surface area contributed by atoms with Gasteiger partial charge in [-0.05, 0) is 37.8 Å². The van der Waals surface area contributed by atoms with Crippen molar-refractivity contribution >= 4 is 29.3 Å². The fraction of sp³-hybridized carbons (Fsp3) is 0.550. The Kier molecular flexibility index (Phi) is 7.19. The van der Waals surface area contributed by atoms with E-state index >= 15 is 0 Å². The molecule has 0 atom stereocenters. The van der Waals surface area contributed by atoms with Crippen molar-refractivity contribution in [2.45, 2.75) is 50.7 Å². The van der Waals surface area contributed by atoms with E-state index in [9.17, 15) is 4.79 Å². The van der Waals surface area contributed by atoms with Crippen LogP contribution in [0.25, 0.3) is 11.4 Å². The fourth-order valence-electron chi connectivity index (χ4n) is 3.62. The summed E-state index contributed by atoms with van der Waals surface area (Å²) in [5.41, 5.74) is 0.935. The van der Waals surface area contributed by atoms with Crippen molar-refractivity contribution in [3.63, 3.8) is 0 Å². The van der Waals surface area contributed by atoms with Gasteiger partial charge in [0.25, 0.3) is 0 Å². The number of hydrogen-bond acceptors (Lipinski definition) is 4. The van der Waals surface area contributed by atoms with E-state index in [4.69, 9.17) is 11.6 Å². The van der Waals surface area contributed by atoms with Gasteiger partial charge in [0.1, 0.15) is 0 Å². The lowest BCUT2D eigenvalue weighted by Gasteiger charge is -2.27. The summed E-state index contributed by atoms with van der Waals surface area (Å²) < 4.78 is 2.03. The zero-order valence-corrected chi connectivity index (χ0v) is 17.6. The molecule has 0 unspecified atom stereocenters. The number of rotatable bonds is 7. The molecule has 1 saturated carbocycles. The van der Waals surface area contributed by atoms with Gasteiger partial charge in [-0.25, -0.2) is 0 Å². The quantitative estimate of drug-likeness (QED) is 0.622. The fourth-order valence-corrected chi connectivity index (χ4v) is 4.75. The van der Waals surface area contributed by atoms with E-state index in [1.807, 2.05) is 40.8 Å². The summed E-state index contributed by atoms with van der Waals surface area (Å²) in [6.45, 7) is 3.66. The highest BCUT2D eigenvalue weighted by atomic mass is 35.5. The number of benzene rings is 1. The van der Waals surface area contributed by atoms with Crippen LogP contribution in [0.15, 0.2) is 29.4 Å². The van der Waals surface area contributed by atoms with Gasteiger partial charge in [-0.15, -0.1) is 10.2 Å². The van der Waals surface area contributed by atoms with Crippen molar-refractivity contribution < 1.29 is 4.79 Å². The summed E-state index contributed by atoms with van der Waals surface area (Å²) in [5, 5.41) is 10.1. The Balaban J connectivity index is 1.61. The third-order valence-corrected chi connectivity index (χ3v) is 6.31. The molecular weight excluding hydrogens is 380 g/mol. The van der Waals surface area contributed by atoms with E-state index in [1.54, 1.807) is 0 Å². The van der Waals surface area contributed by atoms with Crippen molar-refractivity contribution in [3.8, 4) is 11.4 Å². The second-order valence-corrected chi connectivity index (χ2v) is 8.51. The number of carbonyl (C=O) groups excluding carboxylic acids is 1. The van der Waals surface area contributed by atoms with Crippen LogP contribution in [-0.2, 0) is 11.3 Å². The molecule has 0 bridgehead atoms. The number of halogens is 1. The molecule has 1 aliphatic carbocycles. The van der Waals surface area contributed by atoms with Crippen LogP contribution in [-0.4, -0.2) is 44.9 Å². The number of aromatic nitrogens is 3. The molecule has 1 aromatic heterocycles. The van der Waals surface area contributed by atoms with Crippen LogP contribution in [0.1, 0.15) is 39.0 Å². The topological polar surface area (TPSA) is 51.0 Å². The van der Waals surface area contributed by atoms with Crippen LogP contribution in [0.4, 0.5) is 0 Å². The lowest BCUT2D eigenvalue weighted by atomic mass is 9.89. The molecule has 7 heteroatoms. The molecule has 1 aromatic carbocycles. The van der Waals surface area contributed by atoms with Gasteiger partial charge >= 0.3 is 0 Å². The normalized spacial score (nSPS) is 15.1. The third kappa shape index (κ3) is 5.26. The first-order valence-corrected chi connectivity index (χ1v) is 11.0. The average molecular weight is 407 g/mol. The smallest absolute Gasteiger partial charge is 0.232 e. The molecule has 1 fully saturated rings. The third-order valence-electron chi connectivity index (χ3n) is 5.12. The lowest BCUT2D eigenvalue weighted by Crippen LogP contribution is -2.33. The maximum Gasteiger partial charge on any atom is 0.232 e. The largest absolute Gasteiger partial charge is 0.345 e. The predicted octanol–water partition coefficient (Wildman–Crippen LogP) is 4.75. The molecule has 0 radical (unpaired) electrons. The molecule has 5 nitrogen and oxygen atoms in total. The van der Waals surface area contributed by atoms with E-state index in [1.165, 1.54) is 43.9 Å². The van der Waals surface area contributed by atoms with E-state index in [0.29, 0.717) is 16.7 Å². The highest BCUT2D eigenvalue weighted by Crippen LogP contribution is 2.27. The van der Waals surface area contributed by atoms with Crippen molar-refractivity contribution in [1.82, 2.24) is 19.7 Å². The zero-order chi connectivity index (χ0) is 19.2. The first kappa shape index (κ1) is 20.2. The van der Waals surface area contributed by atoms with E-state index < -0.39 is 0 Å². The van der Waals surface area contributed by atoms with Crippen LogP contribution in [0, 0.1) is 5.92 Å². The van der Waals surface area contributed by atoms with Gasteiger partial charge in [0, 0.05) is 30.7 Å². The molecule has 0 spiro atoms. The van der Waals surface area contributed by atoms with Crippen molar-refractivity contribution in [2.75, 3.05) is 19.3 Å². The summed E-state index contributed by atoms with van der Waals surface area (Å²) in [6, 6.07) is 7.60. The molecule has 2 aromatic rings. The van der Waals surface area contributed by atoms with Gasteiger partial charge in [-0.1, -0.05) is 54.8 Å². The van der Waals surface area contributed by atoms with Crippen LogP contribution >= 0.6 is 23.4 Å². The maximum absolute atomic E-state index is 12.5. The van der Waals surface area contributed by atoms with E-state index in [0.717, 1.165) is 29.6 Å². The Morgan fingerprint density at radius 2 is 2.07 bits per heavy atom. The Bertz CT molecular complexity index is 773. The molecular formula is C20H27ClN4OS. The summed E-state index contributed by atoms with van der Waals surface area (Å²) in [5.74, 6) is 1.98. The summed E-state index contributed by atoms with van der Waals surface area (Å²) in [7, 11) is 1.92. The predicted molar refractivity (Wildman–Crippen MR) is 111 cm³/mol. The molecule has 0 saturated heterocycles. The molecule has 0 aliphatic heterocycles. The number of nitrogens with zero attached hydrogens (tertiary/aromatic N) is 4. The molecule has 0 N–H and O–H groups in total. The van der Waals surface area contributed by atoms with Gasteiger partial charge in [0.05, 0.1) is 5.75 Å². The van der Waals surface area contributed by atoms with Gasteiger partial charge < -0.3 is 9.47 Å². The van der Waals surface area contributed by atoms with Crippen LogP contribution in [0.3, 0.4) is 0 Å². The molecule has 146 valence electrons. The first-order chi connectivity index (χ1) is 13.1. The lowest BCUT2D eigenvalue weighted by molar-refractivity contribution is -0.127. The van der Waals surface area contributed by atoms with Crippen molar-refractivity contribution in [2.24, 2.45) is 5.92 Å². The van der Waals surface area contributed by atoms with Crippen molar-refractivity contribution in [1.29, 1.82) is 0 Å². The first-order valence-electron chi connectivity index (χ1n) is 9.64. The molecule has 1 heterocycles. The molecule has 1 amide bonds. The van der Waals surface area contributed by atoms with Gasteiger partial charge in [-0.3, -0.25) is 4.79 Å². The summed E-state index contributed by atoms with van der Waals surface area (Å²) in [6.07, 6.45) is 6.43. The average Bonchev–Trinajstić information content (AvgIpc) is 3.09. The van der Waals surface area contributed by atoms with E-state index in [-0.39, 0.29) is 5.91 Å². The highest BCUT2D eigenvalue weighted by Gasteiger charge is 2.20. The van der Waals surface area contributed by atoms with E-state index in [2.05, 4.69) is 17.1 Å².